The summed E-state index contributed by atoms with van der Waals surface area (Å²) in [4.78, 5) is 2.58. The molecule has 2 aromatic rings. The standard InChI is InChI=1S/C23H31N3S/c1-4-21-10-12-22(13-11-21)18-26(23-8-6-5-7-9-23)27-15-14-25-16-19(2)24-20(3)17-25/h4-13,19-20,24H,1,14-18H2,2-3H3. The first-order valence-electron chi connectivity index (χ1n) is 9.79. The fraction of sp³-hybridized carbons (Fsp3) is 0.391. The monoisotopic (exact) mass is 381 g/mol. The third-order valence-corrected chi connectivity index (χ3v) is 5.89. The van der Waals surface area contributed by atoms with Gasteiger partial charge in [0.2, 0.25) is 0 Å². The highest BCUT2D eigenvalue weighted by Crippen LogP contribution is 2.25. The van der Waals surface area contributed by atoms with Crippen LogP contribution in [0.2, 0.25) is 0 Å². The van der Waals surface area contributed by atoms with Crippen LogP contribution in [0.25, 0.3) is 6.08 Å². The number of hydrogen-bond donors (Lipinski definition) is 1. The Balaban J connectivity index is 1.61. The van der Waals surface area contributed by atoms with Gasteiger partial charge in [0.1, 0.15) is 0 Å². The molecule has 2 aromatic carbocycles. The lowest BCUT2D eigenvalue weighted by atomic mass is 10.1. The molecule has 0 spiro atoms. The van der Waals surface area contributed by atoms with Gasteiger partial charge in [-0.25, -0.2) is 0 Å². The van der Waals surface area contributed by atoms with E-state index in [-0.39, 0.29) is 0 Å². The van der Waals surface area contributed by atoms with Crippen LogP contribution in [0.1, 0.15) is 25.0 Å². The third-order valence-electron chi connectivity index (χ3n) is 4.87. The van der Waals surface area contributed by atoms with E-state index in [4.69, 9.17) is 0 Å². The average Bonchev–Trinajstić information content (AvgIpc) is 2.68. The molecule has 0 aromatic heterocycles. The van der Waals surface area contributed by atoms with Crippen molar-refractivity contribution in [3.63, 3.8) is 0 Å². The summed E-state index contributed by atoms with van der Waals surface area (Å²) >= 11 is 1.93. The van der Waals surface area contributed by atoms with E-state index in [1.165, 1.54) is 16.8 Å². The molecule has 3 nitrogen and oxygen atoms in total. The number of piperazine rings is 1. The van der Waals surface area contributed by atoms with Crippen LogP contribution in [-0.4, -0.2) is 42.4 Å². The van der Waals surface area contributed by atoms with E-state index in [1.54, 1.807) is 0 Å². The predicted molar refractivity (Wildman–Crippen MR) is 120 cm³/mol. The summed E-state index contributed by atoms with van der Waals surface area (Å²) in [6, 6.07) is 20.5. The van der Waals surface area contributed by atoms with Gasteiger partial charge in [-0.2, -0.15) is 0 Å². The molecule has 1 N–H and O–H groups in total. The molecule has 1 fully saturated rings. The van der Waals surface area contributed by atoms with Gasteiger partial charge in [-0.15, -0.1) is 0 Å². The highest BCUT2D eigenvalue weighted by molar-refractivity contribution is 8.00. The van der Waals surface area contributed by atoms with Crippen molar-refractivity contribution < 1.29 is 0 Å². The molecule has 4 heteroatoms. The summed E-state index contributed by atoms with van der Waals surface area (Å²) in [6.07, 6.45) is 1.89. The first-order valence-corrected chi connectivity index (χ1v) is 10.7. The minimum Gasteiger partial charge on any atom is -0.312 e. The molecule has 144 valence electrons. The molecule has 1 aliphatic heterocycles. The average molecular weight is 382 g/mol. The maximum Gasteiger partial charge on any atom is 0.0546 e. The molecular formula is C23H31N3S. The molecule has 0 radical (unpaired) electrons. The second-order valence-corrected chi connectivity index (χ2v) is 8.49. The second kappa shape index (κ2) is 9.98. The molecule has 0 saturated carbocycles. The van der Waals surface area contributed by atoms with Gasteiger partial charge in [0.25, 0.3) is 0 Å². The lowest BCUT2D eigenvalue weighted by molar-refractivity contribution is 0.183. The van der Waals surface area contributed by atoms with Crippen LogP contribution < -0.4 is 9.62 Å². The molecule has 0 aliphatic carbocycles. The maximum atomic E-state index is 3.84. The number of benzene rings is 2. The summed E-state index contributed by atoms with van der Waals surface area (Å²) in [5.74, 6) is 1.10. The van der Waals surface area contributed by atoms with Crippen LogP contribution in [0.5, 0.6) is 0 Å². The van der Waals surface area contributed by atoms with Crippen LogP contribution in [-0.2, 0) is 6.54 Å². The Morgan fingerprint density at radius 3 is 2.37 bits per heavy atom. The molecular weight excluding hydrogens is 350 g/mol. The molecule has 0 bridgehead atoms. The van der Waals surface area contributed by atoms with Gasteiger partial charge >= 0.3 is 0 Å². The van der Waals surface area contributed by atoms with Crippen molar-refractivity contribution in [1.82, 2.24) is 10.2 Å². The molecule has 1 saturated heterocycles. The first-order chi connectivity index (χ1) is 13.1. The summed E-state index contributed by atoms with van der Waals surface area (Å²) in [5, 5.41) is 3.61. The van der Waals surface area contributed by atoms with Gasteiger partial charge in [-0.05, 0) is 49.1 Å². The van der Waals surface area contributed by atoms with Gasteiger partial charge < -0.3 is 9.62 Å². The van der Waals surface area contributed by atoms with Crippen LogP contribution in [0.4, 0.5) is 5.69 Å². The maximum absolute atomic E-state index is 3.84. The Labute approximate surface area is 168 Å². The SMILES string of the molecule is C=Cc1ccc(CN(SCCN2CC(C)NC(C)C2)c2ccccc2)cc1. The number of hydrogen-bond acceptors (Lipinski definition) is 4. The molecule has 3 rings (SSSR count). The number of nitrogens with one attached hydrogen (secondary N) is 1. The first kappa shape index (κ1) is 20.0. The van der Waals surface area contributed by atoms with Gasteiger partial charge in [0.05, 0.1) is 6.54 Å². The van der Waals surface area contributed by atoms with Crippen LogP contribution in [0, 0.1) is 0 Å². The highest BCUT2D eigenvalue weighted by atomic mass is 32.2. The lowest BCUT2D eigenvalue weighted by Crippen LogP contribution is -2.54. The van der Waals surface area contributed by atoms with Crippen molar-refractivity contribution in [2.75, 3.05) is 29.7 Å². The highest BCUT2D eigenvalue weighted by Gasteiger charge is 2.20. The number of nitrogens with zero attached hydrogens (tertiary/aromatic N) is 2. The zero-order valence-electron chi connectivity index (χ0n) is 16.5. The number of rotatable bonds is 8. The zero-order valence-corrected chi connectivity index (χ0v) is 17.3. The third kappa shape index (κ3) is 6.13. The van der Waals surface area contributed by atoms with E-state index in [1.807, 2.05) is 18.0 Å². The van der Waals surface area contributed by atoms with E-state index in [0.29, 0.717) is 12.1 Å². The number of anilines is 1. The largest absolute Gasteiger partial charge is 0.312 e. The van der Waals surface area contributed by atoms with Gasteiger partial charge in [-0.1, -0.05) is 55.1 Å². The molecule has 1 heterocycles. The van der Waals surface area contributed by atoms with Gasteiger partial charge in [0.15, 0.2) is 0 Å². The van der Waals surface area contributed by atoms with Crippen molar-refractivity contribution >= 4 is 23.7 Å². The molecule has 2 atom stereocenters. The topological polar surface area (TPSA) is 18.5 Å². The minimum absolute atomic E-state index is 0.576. The Morgan fingerprint density at radius 1 is 1.07 bits per heavy atom. The molecule has 27 heavy (non-hydrogen) atoms. The summed E-state index contributed by atoms with van der Waals surface area (Å²) in [7, 11) is 0. The van der Waals surface area contributed by atoms with Crippen molar-refractivity contribution in [3.05, 3.63) is 72.3 Å². The Morgan fingerprint density at radius 2 is 1.74 bits per heavy atom. The van der Waals surface area contributed by atoms with Crippen LogP contribution in [0.3, 0.4) is 0 Å². The Kier molecular flexibility index (Phi) is 7.39. The number of para-hydroxylation sites is 1. The van der Waals surface area contributed by atoms with Crippen molar-refractivity contribution in [1.29, 1.82) is 0 Å². The minimum atomic E-state index is 0.576. The predicted octanol–water partition coefficient (Wildman–Crippen LogP) is 4.67. The molecule has 1 aliphatic rings. The van der Waals surface area contributed by atoms with Crippen LogP contribution >= 0.6 is 11.9 Å². The van der Waals surface area contributed by atoms with E-state index >= 15 is 0 Å². The zero-order chi connectivity index (χ0) is 19.1. The van der Waals surface area contributed by atoms with E-state index in [0.717, 1.165) is 31.9 Å². The van der Waals surface area contributed by atoms with Crippen molar-refractivity contribution in [2.24, 2.45) is 0 Å². The second-order valence-electron chi connectivity index (χ2n) is 7.38. The Hall–Kier alpha value is -1.75. The van der Waals surface area contributed by atoms with E-state index < -0.39 is 0 Å². The fourth-order valence-corrected chi connectivity index (χ4v) is 4.70. The summed E-state index contributed by atoms with van der Waals surface area (Å²) in [5.41, 5.74) is 3.75. The summed E-state index contributed by atoms with van der Waals surface area (Å²) < 4.78 is 2.41. The quantitative estimate of drug-likeness (QED) is 0.670. The van der Waals surface area contributed by atoms with E-state index in [9.17, 15) is 0 Å². The van der Waals surface area contributed by atoms with Gasteiger partial charge in [0, 0.05) is 43.2 Å². The van der Waals surface area contributed by atoms with Gasteiger partial charge in [-0.3, -0.25) is 4.90 Å². The van der Waals surface area contributed by atoms with E-state index in [2.05, 4.69) is 89.5 Å². The van der Waals surface area contributed by atoms with Crippen LogP contribution in [0.15, 0.2) is 61.2 Å². The molecule has 0 amide bonds. The van der Waals surface area contributed by atoms with Crippen molar-refractivity contribution in [3.8, 4) is 0 Å². The Bertz CT molecular complexity index is 691. The summed E-state index contributed by atoms with van der Waals surface area (Å²) in [6.45, 7) is 12.7. The fourth-order valence-electron chi connectivity index (χ4n) is 3.63. The molecule has 2 unspecified atom stereocenters. The van der Waals surface area contributed by atoms with Crippen molar-refractivity contribution in [2.45, 2.75) is 32.5 Å². The lowest BCUT2D eigenvalue weighted by Gasteiger charge is -2.36. The smallest absolute Gasteiger partial charge is 0.0546 e. The normalized spacial score (nSPS) is 20.4.